The second-order valence-electron chi connectivity index (χ2n) is 4.73. The van der Waals surface area contributed by atoms with E-state index in [1.807, 2.05) is 19.1 Å². The predicted molar refractivity (Wildman–Crippen MR) is 89.0 cm³/mol. The Bertz CT molecular complexity index is 692. The van der Waals surface area contributed by atoms with E-state index in [4.69, 9.17) is 4.74 Å². The Balaban J connectivity index is 2.00. The number of halogens is 2. The van der Waals surface area contributed by atoms with Crippen LogP contribution in [-0.4, -0.2) is 19.6 Å². The van der Waals surface area contributed by atoms with Crippen LogP contribution < -0.4 is 15.4 Å². The first-order valence-corrected chi connectivity index (χ1v) is 7.42. The monoisotopic (exact) mass is 366 g/mol. The van der Waals surface area contributed by atoms with Gasteiger partial charge in [0, 0.05) is 4.47 Å². The molecule has 0 saturated heterocycles. The molecule has 116 valence electrons. The van der Waals surface area contributed by atoms with Crippen molar-refractivity contribution in [3.63, 3.8) is 0 Å². The number of benzene rings is 2. The minimum absolute atomic E-state index is 0.0460. The average Bonchev–Trinajstić information content (AvgIpc) is 2.46. The fourth-order valence-electron chi connectivity index (χ4n) is 1.92. The predicted octanol–water partition coefficient (Wildman–Crippen LogP) is 3.96. The summed E-state index contributed by atoms with van der Waals surface area (Å²) in [5.74, 6) is -0.129. The average molecular weight is 367 g/mol. The molecule has 0 atom stereocenters. The van der Waals surface area contributed by atoms with E-state index in [1.54, 1.807) is 18.2 Å². The SMILES string of the molecule is COc1ccc(C)cc1NC(=O)CNc1ccc(Br)cc1F. The molecule has 1 amide bonds. The molecule has 0 radical (unpaired) electrons. The third kappa shape index (κ3) is 4.21. The number of anilines is 2. The Morgan fingerprint density at radius 3 is 2.68 bits per heavy atom. The zero-order valence-corrected chi connectivity index (χ0v) is 13.8. The molecule has 0 bridgehead atoms. The van der Waals surface area contributed by atoms with E-state index in [-0.39, 0.29) is 18.1 Å². The minimum Gasteiger partial charge on any atom is -0.495 e. The first kappa shape index (κ1) is 16.3. The molecule has 0 fully saturated rings. The van der Waals surface area contributed by atoms with Gasteiger partial charge in [0.2, 0.25) is 5.91 Å². The van der Waals surface area contributed by atoms with E-state index in [0.29, 0.717) is 15.9 Å². The lowest BCUT2D eigenvalue weighted by Gasteiger charge is -2.12. The molecule has 6 heteroatoms. The molecule has 0 spiro atoms. The van der Waals surface area contributed by atoms with Crippen LogP contribution in [0.5, 0.6) is 5.75 Å². The van der Waals surface area contributed by atoms with Crippen molar-refractivity contribution in [2.24, 2.45) is 0 Å². The molecule has 0 aliphatic heterocycles. The van der Waals surface area contributed by atoms with Gasteiger partial charge in [-0.1, -0.05) is 22.0 Å². The Morgan fingerprint density at radius 1 is 1.23 bits per heavy atom. The van der Waals surface area contributed by atoms with E-state index < -0.39 is 5.82 Å². The molecular formula is C16H16BrFN2O2. The first-order chi connectivity index (χ1) is 10.5. The number of rotatable bonds is 5. The molecule has 0 aliphatic carbocycles. The van der Waals surface area contributed by atoms with Gasteiger partial charge in [0.25, 0.3) is 0 Å². The normalized spacial score (nSPS) is 10.2. The van der Waals surface area contributed by atoms with Crippen LogP contribution >= 0.6 is 15.9 Å². The van der Waals surface area contributed by atoms with E-state index in [2.05, 4.69) is 26.6 Å². The number of nitrogens with one attached hydrogen (secondary N) is 2. The van der Waals surface area contributed by atoms with Gasteiger partial charge < -0.3 is 15.4 Å². The smallest absolute Gasteiger partial charge is 0.243 e. The molecule has 0 aromatic heterocycles. The topological polar surface area (TPSA) is 50.4 Å². The molecule has 0 unspecified atom stereocenters. The fourth-order valence-corrected chi connectivity index (χ4v) is 2.26. The molecular weight excluding hydrogens is 351 g/mol. The van der Waals surface area contributed by atoms with Crippen molar-refractivity contribution >= 4 is 33.2 Å². The van der Waals surface area contributed by atoms with Gasteiger partial charge in [-0.2, -0.15) is 0 Å². The first-order valence-electron chi connectivity index (χ1n) is 6.63. The van der Waals surface area contributed by atoms with Gasteiger partial charge in [0.1, 0.15) is 11.6 Å². The van der Waals surface area contributed by atoms with Crippen molar-refractivity contribution in [2.45, 2.75) is 6.92 Å². The number of carbonyl (C=O) groups is 1. The summed E-state index contributed by atoms with van der Waals surface area (Å²) < 4.78 is 19.5. The van der Waals surface area contributed by atoms with Crippen LogP contribution in [0.3, 0.4) is 0 Å². The summed E-state index contributed by atoms with van der Waals surface area (Å²) in [6.45, 7) is 1.88. The lowest BCUT2D eigenvalue weighted by Crippen LogP contribution is -2.22. The highest BCUT2D eigenvalue weighted by atomic mass is 79.9. The number of carbonyl (C=O) groups excluding carboxylic acids is 1. The second-order valence-corrected chi connectivity index (χ2v) is 5.65. The summed E-state index contributed by atoms with van der Waals surface area (Å²) in [4.78, 5) is 12.0. The molecule has 2 aromatic rings. The van der Waals surface area contributed by atoms with E-state index >= 15 is 0 Å². The molecule has 2 N–H and O–H groups in total. The Labute approximate surface area is 136 Å². The number of hydrogen-bond acceptors (Lipinski definition) is 3. The van der Waals surface area contributed by atoms with Gasteiger partial charge in [-0.05, 0) is 42.8 Å². The van der Waals surface area contributed by atoms with Gasteiger partial charge in [-0.15, -0.1) is 0 Å². The fraction of sp³-hybridized carbons (Fsp3) is 0.188. The van der Waals surface area contributed by atoms with Gasteiger partial charge in [0.15, 0.2) is 0 Å². The van der Waals surface area contributed by atoms with Crippen LogP contribution in [0, 0.1) is 12.7 Å². The molecule has 0 heterocycles. The summed E-state index contributed by atoms with van der Waals surface area (Å²) in [7, 11) is 1.54. The minimum atomic E-state index is -0.421. The molecule has 0 saturated carbocycles. The Kier molecular flexibility index (Phi) is 5.38. The van der Waals surface area contributed by atoms with Gasteiger partial charge in [-0.25, -0.2) is 4.39 Å². The van der Waals surface area contributed by atoms with Crippen LogP contribution in [0.15, 0.2) is 40.9 Å². The summed E-state index contributed by atoms with van der Waals surface area (Å²) in [6.07, 6.45) is 0. The van der Waals surface area contributed by atoms with E-state index in [9.17, 15) is 9.18 Å². The van der Waals surface area contributed by atoms with Crippen LogP contribution in [0.1, 0.15) is 5.56 Å². The molecule has 0 aliphatic rings. The molecule has 4 nitrogen and oxygen atoms in total. The highest BCUT2D eigenvalue weighted by molar-refractivity contribution is 9.10. The second kappa shape index (κ2) is 7.26. The number of aryl methyl sites for hydroxylation is 1. The zero-order chi connectivity index (χ0) is 16.1. The maximum Gasteiger partial charge on any atom is 0.243 e. The van der Waals surface area contributed by atoms with Crippen molar-refractivity contribution in [1.29, 1.82) is 0 Å². The maximum absolute atomic E-state index is 13.7. The highest BCUT2D eigenvalue weighted by Gasteiger charge is 2.09. The molecule has 22 heavy (non-hydrogen) atoms. The lowest BCUT2D eigenvalue weighted by atomic mass is 10.2. The highest BCUT2D eigenvalue weighted by Crippen LogP contribution is 2.25. The van der Waals surface area contributed by atoms with Crippen molar-refractivity contribution in [2.75, 3.05) is 24.3 Å². The standard InChI is InChI=1S/C16H16BrFN2O2/c1-10-3-6-15(22-2)14(7-10)20-16(21)9-19-13-5-4-11(17)8-12(13)18/h3-8,19H,9H2,1-2H3,(H,20,21). The molecule has 2 aromatic carbocycles. The number of ether oxygens (including phenoxy) is 1. The third-order valence-corrected chi connectivity index (χ3v) is 3.49. The van der Waals surface area contributed by atoms with Crippen LogP contribution in [-0.2, 0) is 4.79 Å². The third-order valence-electron chi connectivity index (χ3n) is 3.00. The summed E-state index contributed by atoms with van der Waals surface area (Å²) in [5.41, 5.74) is 1.86. The number of methoxy groups -OCH3 is 1. The van der Waals surface area contributed by atoms with E-state index in [0.717, 1.165) is 5.56 Å². The van der Waals surface area contributed by atoms with Gasteiger partial charge in [0.05, 0.1) is 25.0 Å². The van der Waals surface area contributed by atoms with Crippen LogP contribution in [0.4, 0.5) is 15.8 Å². The number of hydrogen-bond donors (Lipinski definition) is 2. The summed E-state index contributed by atoms with van der Waals surface area (Å²) in [6, 6.07) is 10.1. The maximum atomic E-state index is 13.7. The molecule has 2 rings (SSSR count). The Hall–Kier alpha value is -2.08. The summed E-state index contributed by atoms with van der Waals surface area (Å²) in [5, 5.41) is 5.51. The Morgan fingerprint density at radius 2 is 2.00 bits per heavy atom. The van der Waals surface area contributed by atoms with Crippen molar-refractivity contribution in [3.05, 3.63) is 52.3 Å². The van der Waals surface area contributed by atoms with Crippen molar-refractivity contribution in [3.8, 4) is 5.75 Å². The van der Waals surface area contributed by atoms with Crippen molar-refractivity contribution in [1.82, 2.24) is 0 Å². The van der Waals surface area contributed by atoms with Crippen molar-refractivity contribution < 1.29 is 13.9 Å². The largest absolute Gasteiger partial charge is 0.495 e. The number of amides is 1. The summed E-state index contributed by atoms with van der Waals surface area (Å²) >= 11 is 3.18. The zero-order valence-electron chi connectivity index (χ0n) is 12.2. The van der Waals surface area contributed by atoms with Crippen LogP contribution in [0.2, 0.25) is 0 Å². The van der Waals surface area contributed by atoms with E-state index in [1.165, 1.54) is 13.2 Å². The van der Waals surface area contributed by atoms with Gasteiger partial charge in [-0.3, -0.25) is 4.79 Å². The quantitative estimate of drug-likeness (QED) is 0.841. The van der Waals surface area contributed by atoms with Crippen LogP contribution in [0.25, 0.3) is 0 Å². The van der Waals surface area contributed by atoms with Gasteiger partial charge >= 0.3 is 0 Å². The lowest BCUT2D eigenvalue weighted by molar-refractivity contribution is -0.114.